The van der Waals surface area contributed by atoms with Gasteiger partial charge in [0.05, 0.1) is 6.54 Å². The molecule has 0 unspecified atom stereocenters. The van der Waals surface area contributed by atoms with E-state index in [1.807, 2.05) is 0 Å². The Morgan fingerprint density at radius 1 is 1.15 bits per heavy atom. The van der Waals surface area contributed by atoms with E-state index in [-0.39, 0.29) is 5.91 Å². The SMILES string of the molecule is CCCCc1noc(CN2CCC([C@H]3CCCCCN3C(C)=O)CC2)n1. The molecule has 2 aliphatic heterocycles. The maximum atomic E-state index is 12.1. The number of nitrogens with zero attached hydrogens (tertiary/aromatic N) is 4. The molecule has 0 bridgehead atoms. The van der Waals surface area contributed by atoms with Gasteiger partial charge in [0.25, 0.3) is 0 Å². The van der Waals surface area contributed by atoms with Crippen LogP contribution in [0.1, 0.15) is 76.9 Å². The van der Waals surface area contributed by atoms with E-state index in [1.54, 1.807) is 6.92 Å². The lowest BCUT2D eigenvalue weighted by Crippen LogP contribution is -2.47. The summed E-state index contributed by atoms with van der Waals surface area (Å²) >= 11 is 0. The van der Waals surface area contributed by atoms with Gasteiger partial charge in [0, 0.05) is 25.9 Å². The van der Waals surface area contributed by atoms with Crippen LogP contribution in [-0.2, 0) is 17.8 Å². The number of rotatable bonds is 6. The summed E-state index contributed by atoms with van der Waals surface area (Å²) in [4.78, 5) is 21.2. The van der Waals surface area contributed by atoms with Gasteiger partial charge in [0.2, 0.25) is 11.8 Å². The number of aromatic nitrogens is 2. The van der Waals surface area contributed by atoms with Crippen LogP contribution in [0.5, 0.6) is 0 Å². The fourth-order valence-electron chi connectivity index (χ4n) is 4.49. The highest BCUT2D eigenvalue weighted by Crippen LogP contribution is 2.30. The van der Waals surface area contributed by atoms with E-state index in [0.717, 1.165) is 76.4 Å². The van der Waals surface area contributed by atoms with Crippen LogP contribution in [0.25, 0.3) is 0 Å². The molecule has 1 aromatic heterocycles. The summed E-state index contributed by atoms with van der Waals surface area (Å²) in [5, 5.41) is 4.09. The summed E-state index contributed by atoms with van der Waals surface area (Å²) in [7, 11) is 0. The average molecular weight is 363 g/mol. The van der Waals surface area contributed by atoms with E-state index in [2.05, 4.69) is 26.9 Å². The Balaban J connectivity index is 1.50. The van der Waals surface area contributed by atoms with Crippen LogP contribution in [-0.4, -0.2) is 51.5 Å². The van der Waals surface area contributed by atoms with Gasteiger partial charge in [-0.2, -0.15) is 4.98 Å². The zero-order valence-electron chi connectivity index (χ0n) is 16.5. The zero-order valence-corrected chi connectivity index (χ0v) is 16.5. The molecule has 1 atom stereocenters. The molecular formula is C20H34N4O2. The Kier molecular flexibility index (Phi) is 7.06. The van der Waals surface area contributed by atoms with Crippen molar-refractivity contribution in [3.05, 3.63) is 11.7 Å². The summed E-state index contributed by atoms with van der Waals surface area (Å²) in [6, 6.07) is 0.446. The normalized spacial score (nSPS) is 23.2. The van der Waals surface area contributed by atoms with Crippen molar-refractivity contribution >= 4 is 5.91 Å². The molecule has 3 rings (SSSR count). The van der Waals surface area contributed by atoms with E-state index >= 15 is 0 Å². The van der Waals surface area contributed by atoms with E-state index in [1.165, 1.54) is 19.3 Å². The van der Waals surface area contributed by atoms with Gasteiger partial charge in [-0.25, -0.2) is 0 Å². The molecule has 0 aliphatic carbocycles. The zero-order chi connectivity index (χ0) is 18.4. The highest BCUT2D eigenvalue weighted by molar-refractivity contribution is 5.73. The van der Waals surface area contributed by atoms with Gasteiger partial charge in [0.1, 0.15) is 0 Å². The van der Waals surface area contributed by atoms with E-state index in [4.69, 9.17) is 4.52 Å². The Hall–Kier alpha value is -1.43. The average Bonchev–Trinajstić information content (AvgIpc) is 2.93. The number of amides is 1. The molecule has 146 valence electrons. The number of hydrogen-bond acceptors (Lipinski definition) is 5. The third kappa shape index (κ3) is 5.06. The highest BCUT2D eigenvalue weighted by atomic mass is 16.5. The fraction of sp³-hybridized carbons (Fsp3) is 0.850. The predicted molar refractivity (Wildman–Crippen MR) is 101 cm³/mol. The summed E-state index contributed by atoms with van der Waals surface area (Å²) in [5.41, 5.74) is 0. The maximum Gasteiger partial charge on any atom is 0.240 e. The first-order valence-electron chi connectivity index (χ1n) is 10.5. The fourth-order valence-corrected chi connectivity index (χ4v) is 4.49. The Bertz CT molecular complexity index is 566. The largest absolute Gasteiger partial charge is 0.340 e. The number of carbonyl (C=O) groups is 1. The first kappa shape index (κ1) is 19.3. The highest BCUT2D eigenvalue weighted by Gasteiger charge is 2.33. The van der Waals surface area contributed by atoms with E-state index in [9.17, 15) is 4.79 Å². The second-order valence-corrected chi connectivity index (χ2v) is 7.95. The Morgan fingerprint density at radius 3 is 2.69 bits per heavy atom. The summed E-state index contributed by atoms with van der Waals surface area (Å²) in [6.45, 7) is 7.72. The van der Waals surface area contributed by atoms with Crippen molar-refractivity contribution in [2.24, 2.45) is 5.92 Å². The first-order valence-corrected chi connectivity index (χ1v) is 10.5. The first-order chi connectivity index (χ1) is 12.7. The van der Waals surface area contributed by atoms with Crippen molar-refractivity contribution in [2.75, 3.05) is 19.6 Å². The van der Waals surface area contributed by atoms with E-state index in [0.29, 0.717) is 12.0 Å². The Morgan fingerprint density at radius 2 is 1.96 bits per heavy atom. The van der Waals surface area contributed by atoms with Crippen LogP contribution < -0.4 is 0 Å². The van der Waals surface area contributed by atoms with Crippen molar-refractivity contribution < 1.29 is 9.32 Å². The van der Waals surface area contributed by atoms with Crippen molar-refractivity contribution in [1.82, 2.24) is 19.9 Å². The molecule has 1 amide bonds. The molecule has 3 heterocycles. The van der Waals surface area contributed by atoms with Crippen LogP contribution in [0.3, 0.4) is 0 Å². The van der Waals surface area contributed by atoms with Crippen LogP contribution in [0.4, 0.5) is 0 Å². The van der Waals surface area contributed by atoms with Crippen molar-refractivity contribution in [2.45, 2.75) is 84.2 Å². The standard InChI is InChI=1S/C20H34N4O2/c1-3-4-9-19-21-20(26-22-19)15-23-13-10-17(11-14-23)18-8-6-5-7-12-24(18)16(2)25/h17-18H,3-15H2,1-2H3/t18-/m1/s1. The van der Waals surface area contributed by atoms with Crippen molar-refractivity contribution in [3.63, 3.8) is 0 Å². The molecule has 1 aromatic rings. The minimum absolute atomic E-state index is 0.254. The van der Waals surface area contributed by atoms with Gasteiger partial charge in [-0.3, -0.25) is 9.69 Å². The lowest BCUT2D eigenvalue weighted by atomic mass is 9.86. The molecule has 2 fully saturated rings. The third-order valence-corrected chi connectivity index (χ3v) is 6.00. The minimum atomic E-state index is 0.254. The monoisotopic (exact) mass is 362 g/mol. The van der Waals surface area contributed by atoms with E-state index < -0.39 is 0 Å². The molecule has 2 aliphatic rings. The predicted octanol–water partition coefficient (Wildman–Crippen LogP) is 3.42. The van der Waals surface area contributed by atoms with Crippen LogP contribution in [0.15, 0.2) is 4.52 Å². The number of unbranched alkanes of at least 4 members (excludes halogenated alkanes) is 1. The molecule has 0 saturated carbocycles. The molecule has 6 nitrogen and oxygen atoms in total. The smallest absolute Gasteiger partial charge is 0.240 e. The summed E-state index contributed by atoms with van der Waals surface area (Å²) in [6.07, 6.45) is 10.3. The van der Waals surface area contributed by atoms with Crippen molar-refractivity contribution in [1.29, 1.82) is 0 Å². The number of likely N-dealkylation sites (tertiary alicyclic amines) is 2. The maximum absolute atomic E-state index is 12.1. The van der Waals surface area contributed by atoms with Crippen LogP contribution in [0, 0.1) is 5.92 Å². The van der Waals surface area contributed by atoms with Crippen molar-refractivity contribution in [3.8, 4) is 0 Å². The number of carbonyl (C=O) groups excluding carboxylic acids is 1. The number of piperidine rings is 1. The second-order valence-electron chi connectivity index (χ2n) is 7.95. The number of hydrogen-bond donors (Lipinski definition) is 0. The van der Waals surface area contributed by atoms with Gasteiger partial charge < -0.3 is 9.42 Å². The molecule has 6 heteroatoms. The van der Waals surface area contributed by atoms with Gasteiger partial charge in [-0.05, 0) is 51.1 Å². The molecule has 26 heavy (non-hydrogen) atoms. The van der Waals surface area contributed by atoms with Gasteiger partial charge in [-0.15, -0.1) is 0 Å². The van der Waals surface area contributed by atoms with Gasteiger partial charge >= 0.3 is 0 Å². The lowest BCUT2D eigenvalue weighted by Gasteiger charge is -2.40. The topological polar surface area (TPSA) is 62.5 Å². The number of aryl methyl sites for hydroxylation is 1. The molecule has 0 N–H and O–H groups in total. The molecule has 2 saturated heterocycles. The third-order valence-electron chi connectivity index (χ3n) is 6.00. The quantitative estimate of drug-likeness (QED) is 0.776. The van der Waals surface area contributed by atoms with Crippen LogP contribution in [0.2, 0.25) is 0 Å². The molecule has 0 spiro atoms. The lowest BCUT2D eigenvalue weighted by molar-refractivity contribution is -0.132. The minimum Gasteiger partial charge on any atom is -0.340 e. The van der Waals surface area contributed by atoms with Gasteiger partial charge in [-0.1, -0.05) is 31.3 Å². The van der Waals surface area contributed by atoms with Crippen LogP contribution >= 0.6 is 0 Å². The molecule has 0 radical (unpaired) electrons. The second kappa shape index (κ2) is 9.49. The van der Waals surface area contributed by atoms with Gasteiger partial charge in [0.15, 0.2) is 5.82 Å². The summed E-state index contributed by atoms with van der Waals surface area (Å²) < 4.78 is 5.42. The summed E-state index contributed by atoms with van der Waals surface area (Å²) in [5.74, 6) is 2.47. The molecule has 0 aromatic carbocycles. The Labute approximate surface area is 157 Å². The molecular weight excluding hydrogens is 328 g/mol.